The van der Waals surface area contributed by atoms with Crippen molar-refractivity contribution in [2.45, 2.75) is 56.0 Å². The molecule has 0 heterocycles. The molecule has 1 atom stereocenters. The van der Waals surface area contributed by atoms with E-state index in [-0.39, 0.29) is 0 Å². The molecule has 0 fully saturated rings. The van der Waals surface area contributed by atoms with E-state index in [1.54, 1.807) is 0 Å². The Balaban J connectivity index is 2.80. The summed E-state index contributed by atoms with van der Waals surface area (Å²) in [4.78, 5) is 0. The van der Waals surface area contributed by atoms with Crippen molar-refractivity contribution in [2.75, 3.05) is 0 Å². The van der Waals surface area contributed by atoms with Crippen LogP contribution < -0.4 is 0 Å². The van der Waals surface area contributed by atoms with Gasteiger partial charge in [0, 0.05) is 0 Å². The summed E-state index contributed by atoms with van der Waals surface area (Å²) in [5, 5.41) is 0. The largest absolute Gasteiger partial charge is 0.236 e. The maximum absolute atomic E-state index is 12.3. The second-order valence-electron chi connectivity index (χ2n) is 2.95. The zero-order valence-electron chi connectivity index (χ0n) is 7.28. The Morgan fingerprint density at radius 1 is 1.09 bits per heavy atom. The van der Waals surface area contributed by atoms with Crippen LogP contribution in [0.25, 0.3) is 0 Å². The van der Waals surface area contributed by atoms with Crippen LogP contribution in [0, 0.1) is 0 Å². The molecule has 68 valence electrons. The third kappa shape index (κ3) is 10.7. The van der Waals surface area contributed by atoms with Crippen LogP contribution in [-0.4, -0.2) is 4.18 Å². The van der Waals surface area contributed by atoms with E-state index in [2.05, 4.69) is 6.92 Å². The van der Waals surface area contributed by atoms with Gasteiger partial charge in [0.05, 0.1) is 0 Å². The molecular weight excluding hydrogens is 254 g/mol. The standard InChI is InChI=1S/C9H18FI/c1-2-3-4-5-6-7-8-9(10)11/h9H,2-8H2,1H3. The van der Waals surface area contributed by atoms with E-state index < -0.39 is 4.18 Å². The van der Waals surface area contributed by atoms with Gasteiger partial charge in [0.1, 0.15) is 0 Å². The van der Waals surface area contributed by atoms with Crippen LogP contribution in [0.1, 0.15) is 51.9 Å². The average Bonchev–Trinajstić information content (AvgIpc) is 1.96. The quantitative estimate of drug-likeness (QED) is 0.364. The van der Waals surface area contributed by atoms with Crippen molar-refractivity contribution in [3.05, 3.63) is 0 Å². The van der Waals surface area contributed by atoms with Gasteiger partial charge < -0.3 is 0 Å². The van der Waals surface area contributed by atoms with Gasteiger partial charge in [-0.15, -0.1) is 0 Å². The minimum Gasteiger partial charge on any atom is -0.236 e. The molecule has 1 unspecified atom stereocenters. The van der Waals surface area contributed by atoms with Crippen molar-refractivity contribution < 1.29 is 4.39 Å². The maximum Gasteiger partial charge on any atom is 0.151 e. The summed E-state index contributed by atoms with van der Waals surface area (Å²) in [6.45, 7) is 2.21. The Morgan fingerprint density at radius 3 is 2.18 bits per heavy atom. The normalized spacial score (nSPS) is 13.4. The molecule has 0 spiro atoms. The lowest BCUT2D eigenvalue weighted by molar-refractivity contribution is 0.429. The van der Waals surface area contributed by atoms with Crippen LogP contribution in [0.15, 0.2) is 0 Å². The molecule has 0 bridgehead atoms. The van der Waals surface area contributed by atoms with Crippen LogP contribution in [0.4, 0.5) is 4.39 Å². The molecule has 0 nitrogen and oxygen atoms in total. The van der Waals surface area contributed by atoms with E-state index in [4.69, 9.17) is 0 Å². The molecule has 0 aliphatic rings. The zero-order valence-corrected chi connectivity index (χ0v) is 9.44. The monoisotopic (exact) mass is 272 g/mol. The fourth-order valence-electron chi connectivity index (χ4n) is 1.08. The summed E-state index contributed by atoms with van der Waals surface area (Å²) in [6, 6.07) is 0. The van der Waals surface area contributed by atoms with Crippen molar-refractivity contribution in [1.29, 1.82) is 0 Å². The van der Waals surface area contributed by atoms with Gasteiger partial charge in [0.25, 0.3) is 0 Å². The molecule has 2 heteroatoms. The van der Waals surface area contributed by atoms with Crippen LogP contribution in [0.2, 0.25) is 0 Å². The third-order valence-electron chi connectivity index (χ3n) is 1.78. The molecule has 0 rings (SSSR count). The Hall–Kier alpha value is 0.660. The fourth-order valence-corrected chi connectivity index (χ4v) is 1.52. The van der Waals surface area contributed by atoms with E-state index in [9.17, 15) is 4.39 Å². The van der Waals surface area contributed by atoms with Gasteiger partial charge in [-0.05, 0) is 35.4 Å². The highest BCUT2D eigenvalue weighted by Gasteiger charge is 1.98. The van der Waals surface area contributed by atoms with Crippen molar-refractivity contribution in [2.24, 2.45) is 0 Å². The molecule has 0 saturated carbocycles. The van der Waals surface area contributed by atoms with E-state index in [0.29, 0.717) is 0 Å². The highest BCUT2D eigenvalue weighted by atomic mass is 127. The van der Waals surface area contributed by atoms with Gasteiger partial charge in [-0.25, -0.2) is 4.39 Å². The first kappa shape index (κ1) is 11.7. The van der Waals surface area contributed by atoms with Crippen molar-refractivity contribution in [3.8, 4) is 0 Å². The number of alkyl halides is 2. The van der Waals surface area contributed by atoms with Crippen LogP contribution in [0.5, 0.6) is 0 Å². The predicted molar refractivity (Wildman–Crippen MR) is 56.9 cm³/mol. The third-order valence-corrected chi connectivity index (χ3v) is 2.40. The van der Waals surface area contributed by atoms with Gasteiger partial charge in [-0.2, -0.15) is 0 Å². The summed E-state index contributed by atoms with van der Waals surface area (Å²) in [6.07, 6.45) is 8.26. The maximum atomic E-state index is 12.3. The molecular formula is C9H18FI. The first-order valence-corrected chi connectivity index (χ1v) is 5.80. The predicted octanol–water partition coefficient (Wildman–Crippen LogP) is 4.47. The molecule has 0 saturated heterocycles. The van der Waals surface area contributed by atoms with Crippen LogP contribution in [0.3, 0.4) is 0 Å². The van der Waals surface area contributed by atoms with E-state index >= 15 is 0 Å². The van der Waals surface area contributed by atoms with Gasteiger partial charge in [-0.1, -0.05) is 39.0 Å². The molecule has 0 aliphatic heterocycles. The van der Waals surface area contributed by atoms with Gasteiger partial charge in [0.15, 0.2) is 4.18 Å². The lowest BCUT2D eigenvalue weighted by Gasteiger charge is -2.00. The summed E-state index contributed by atoms with van der Waals surface area (Å²) >= 11 is 1.84. The fraction of sp³-hybridized carbons (Fsp3) is 1.00. The summed E-state index contributed by atoms with van der Waals surface area (Å²) in [5.74, 6) is 0. The molecule has 0 aliphatic carbocycles. The van der Waals surface area contributed by atoms with Gasteiger partial charge >= 0.3 is 0 Å². The molecule has 0 amide bonds. The number of hydrogen-bond acceptors (Lipinski definition) is 0. The minimum atomic E-state index is -0.626. The highest BCUT2D eigenvalue weighted by Crippen LogP contribution is 2.13. The molecule has 0 N–H and O–H groups in total. The SMILES string of the molecule is CCCCCCCCC(F)I. The lowest BCUT2D eigenvalue weighted by Crippen LogP contribution is -1.87. The number of halogens is 2. The van der Waals surface area contributed by atoms with Crippen molar-refractivity contribution >= 4 is 22.6 Å². The first-order chi connectivity index (χ1) is 5.27. The van der Waals surface area contributed by atoms with Crippen LogP contribution in [-0.2, 0) is 0 Å². The Bertz CT molecular complexity index is 74.0. The molecule has 0 aromatic carbocycles. The minimum absolute atomic E-state index is 0.626. The molecule has 11 heavy (non-hydrogen) atoms. The number of rotatable bonds is 7. The van der Waals surface area contributed by atoms with E-state index in [0.717, 1.165) is 12.8 Å². The second kappa shape index (κ2) is 8.75. The van der Waals surface area contributed by atoms with Crippen molar-refractivity contribution in [3.63, 3.8) is 0 Å². The zero-order chi connectivity index (χ0) is 8.53. The van der Waals surface area contributed by atoms with Gasteiger partial charge in [-0.3, -0.25) is 0 Å². The first-order valence-electron chi connectivity index (χ1n) is 4.55. The summed E-state index contributed by atoms with van der Waals surface area (Å²) in [5.41, 5.74) is 0. The average molecular weight is 272 g/mol. The lowest BCUT2D eigenvalue weighted by atomic mass is 10.1. The number of hydrogen-bond donors (Lipinski definition) is 0. The Labute approximate surface area is 83.1 Å². The highest BCUT2D eigenvalue weighted by molar-refractivity contribution is 14.1. The summed E-state index contributed by atoms with van der Waals surface area (Å²) < 4.78 is 11.6. The van der Waals surface area contributed by atoms with E-state index in [1.807, 2.05) is 22.6 Å². The molecule has 0 aromatic heterocycles. The van der Waals surface area contributed by atoms with Crippen LogP contribution >= 0.6 is 22.6 Å². The van der Waals surface area contributed by atoms with Gasteiger partial charge in [0.2, 0.25) is 0 Å². The summed E-state index contributed by atoms with van der Waals surface area (Å²) in [7, 11) is 0. The van der Waals surface area contributed by atoms with Crippen molar-refractivity contribution in [1.82, 2.24) is 0 Å². The molecule has 0 aromatic rings. The van der Waals surface area contributed by atoms with E-state index in [1.165, 1.54) is 32.1 Å². The Morgan fingerprint density at radius 2 is 1.64 bits per heavy atom. The molecule has 0 radical (unpaired) electrons. The Kier molecular flexibility index (Phi) is 9.28. The number of unbranched alkanes of at least 4 members (excludes halogenated alkanes) is 5. The second-order valence-corrected chi connectivity index (χ2v) is 4.30. The topological polar surface area (TPSA) is 0 Å². The smallest absolute Gasteiger partial charge is 0.151 e.